The molecule has 0 aliphatic carbocycles. The summed E-state index contributed by atoms with van der Waals surface area (Å²) in [5.74, 6) is 1.41. The van der Waals surface area contributed by atoms with E-state index in [0.29, 0.717) is 31.0 Å². The maximum absolute atomic E-state index is 13.2. The largest absolute Gasteiger partial charge is 0.493 e. The van der Waals surface area contributed by atoms with Crippen LogP contribution in [0.25, 0.3) is 11.0 Å². The standard InChI is InChI=1S/C25H31N3O4/c1-4-14-27-20-8-5-6-9-21(20)28(25(27)30)16-13-24(29)26-15-7-10-19(26)18-11-12-22(31-2)23(17-18)32-3/h5-6,8-9,11-12,17,19H,4,7,10,13-16H2,1-3H3/t19-/m0/s1. The zero-order valence-corrected chi connectivity index (χ0v) is 19.0. The number of carbonyl (C=O) groups is 1. The highest BCUT2D eigenvalue weighted by Gasteiger charge is 2.30. The van der Waals surface area contributed by atoms with Crippen LogP contribution in [0.3, 0.4) is 0 Å². The van der Waals surface area contributed by atoms with Crippen LogP contribution >= 0.6 is 0 Å². The third-order valence-corrected chi connectivity index (χ3v) is 6.29. The summed E-state index contributed by atoms with van der Waals surface area (Å²) in [6, 6.07) is 13.7. The molecule has 0 unspecified atom stereocenters. The number of para-hydroxylation sites is 2. The number of likely N-dealkylation sites (tertiary alicyclic amines) is 1. The van der Waals surface area contributed by atoms with Crippen LogP contribution in [0.2, 0.25) is 0 Å². The summed E-state index contributed by atoms with van der Waals surface area (Å²) in [5.41, 5.74) is 2.82. The molecule has 0 saturated carbocycles. The average Bonchev–Trinajstić information content (AvgIpc) is 3.41. The van der Waals surface area contributed by atoms with Crippen LogP contribution in [0.1, 0.15) is 44.2 Å². The molecular formula is C25H31N3O4. The van der Waals surface area contributed by atoms with Crippen LogP contribution in [0.4, 0.5) is 0 Å². The number of fused-ring (bicyclic) bond motifs is 1. The lowest BCUT2D eigenvalue weighted by molar-refractivity contribution is -0.132. The number of carbonyl (C=O) groups excluding carboxylic acids is 1. The van der Waals surface area contributed by atoms with Gasteiger partial charge in [-0.05, 0) is 49.1 Å². The van der Waals surface area contributed by atoms with Gasteiger partial charge >= 0.3 is 5.69 Å². The Balaban J connectivity index is 1.54. The number of ether oxygens (including phenoxy) is 2. The lowest BCUT2D eigenvalue weighted by Crippen LogP contribution is -2.32. The molecule has 0 spiro atoms. The van der Waals surface area contributed by atoms with Crippen molar-refractivity contribution in [2.75, 3.05) is 20.8 Å². The van der Waals surface area contributed by atoms with Gasteiger partial charge in [0.05, 0.1) is 31.3 Å². The fourth-order valence-electron chi connectivity index (χ4n) is 4.75. The molecule has 7 nitrogen and oxygen atoms in total. The summed E-state index contributed by atoms with van der Waals surface area (Å²) in [4.78, 5) is 28.2. The van der Waals surface area contributed by atoms with Gasteiger partial charge in [0.1, 0.15) is 0 Å². The highest BCUT2D eigenvalue weighted by molar-refractivity contribution is 5.78. The molecule has 3 aromatic rings. The highest BCUT2D eigenvalue weighted by atomic mass is 16.5. The molecule has 1 aromatic heterocycles. The van der Waals surface area contributed by atoms with Crippen LogP contribution < -0.4 is 15.2 Å². The lowest BCUT2D eigenvalue weighted by atomic mass is 10.0. The van der Waals surface area contributed by atoms with Crippen LogP contribution in [0.5, 0.6) is 11.5 Å². The summed E-state index contributed by atoms with van der Waals surface area (Å²) < 4.78 is 14.3. The van der Waals surface area contributed by atoms with Gasteiger partial charge in [0.15, 0.2) is 11.5 Å². The summed E-state index contributed by atoms with van der Waals surface area (Å²) in [5, 5.41) is 0. The van der Waals surface area contributed by atoms with E-state index in [2.05, 4.69) is 6.92 Å². The van der Waals surface area contributed by atoms with Gasteiger partial charge in [-0.1, -0.05) is 25.1 Å². The van der Waals surface area contributed by atoms with Crippen molar-refractivity contribution in [3.8, 4) is 11.5 Å². The van der Waals surface area contributed by atoms with E-state index < -0.39 is 0 Å². The number of benzene rings is 2. The number of hydrogen-bond acceptors (Lipinski definition) is 4. The van der Waals surface area contributed by atoms with Crippen molar-refractivity contribution in [3.05, 3.63) is 58.5 Å². The van der Waals surface area contributed by atoms with Crippen molar-refractivity contribution in [1.82, 2.24) is 14.0 Å². The van der Waals surface area contributed by atoms with E-state index in [1.165, 1.54) is 0 Å². The minimum Gasteiger partial charge on any atom is -0.493 e. The quantitative estimate of drug-likeness (QED) is 0.535. The first kappa shape index (κ1) is 22.0. The number of amides is 1. The smallest absolute Gasteiger partial charge is 0.329 e. The van der Waals surface area contributed by atoms with E-state index in [1.54, 1.807) is 18.8 Å². The monoisotopic (exact) mass is 437 g/mol. The van der Waals surface area contributed by atoms with Gasteiger partial charge in [-0.2, -0.15) is 0 Å². The molecule has 1 aliphatic rings. The van der Waals surface area contributed by atoms with E-state index in [1.807, 2.05) is 51.9 Å². The number of aromatic nitrogens is 2. The summed E-state index contributed by atoms with van der Waals surface area (Å²) in [6.07, 6.45) is 3.05. The summed E-state index contributed by atoms with van der Waals surface area (Å²) in [7, 11) is 3.23. The van der Waals surface area contributed by atoms with Crippen molar-refractivity contribution in [2.24, 2.45) is 0 Å². The lowest BCUT2D eigenvalue weighted by Gasteiger charge is -2.26. The van der Waals surface area contributed by atoms with Crippen molar-refractivity contribution in [1.29, 1.82) is 0 Å². The van der Waals surface area contributed by atoms with Gasteiger partial charge in [-0.3, -0.25) is 13.9 Å². The molecule has 32 heavy (non-hydrogen) atoms. The molecular weight excluding hydrogens is 406 g/mol. The zero-order chi connectivity index (χ0) is 22.7. The van der Waals surface area contributed by atoms with Crippen LogP contribution in [0.15, 0.2) is 47.3 Å². The average molecular weight is 438 g/mol. The number of hydrogen-bond donors (Lipinski definition) is 0. The Morgan fingerprint density at radius 3 is 2.34 bits per heavy atom. The molecule has 0 radical (unpaired) electrons. The molecule has 2 aromatic carbocycles. The minimum atomic E-state index is -0.0429. The Bertz CT molecular complexity index is 1160. The minimum absolute atomic E-state index is 0.0143. The Kier molecular flexibility index (Phi) is 6.53. The van der Waals surface area contributed by atoms with Crippen molar-refractivity contribution in [3.63, 3.8) is 0 Å². The first-order valence-electron chi connectivity index (χ1n) is 11.3. The number of imidazole rings is 1. The van der Waals surface area contributed by atoms with Gasteiger partial charge in [0.2, 0.25) is 5.91 Å². The van der Waals surface area contributed by atoms with Crippen LogP contribution in [-0.4, -0.2) is 40.7 Å². The first-order chi connectivity index (χ1) is 15.6. The predicted molar refractivity (Wildman–Crippen MR) is 124 cm³/mol. The van der Waals surface area contributed by atoms with Gasteiger partial charge in [-0.25, -0.2) is 4.79 Å². The fourth-order valence-corrected chi connectivity index (χ4v) is 4.75. The molecule has 1 saturated heterocycles. The first-order valence-corrected chi connectivity index (χ1v) is 11.3. The fraction of sp³-hybridized carbons (Fsp3) is 0.440. The molecule has 170 valence electrons. The van der Waals surface area contributed by atoms with Gasteiger partial charge < -0.3 is 14.4 Å². The summed E-state index contributed by atoms with van der Waals surface area (Å²) >= 11 is 0. The molecule has 0 N–H and O–H groups in total. The number of rotatable bonds is 8. The van der Waals surface area contributed by atoms with E-state index in [9.17, 15) is 9.59 Å². The SMILES string of the molecule is CCCn1c(=O)n(CCC(=O)N2CCC[C@H]2c2ccc(OC)c(OC)c2)c2ccccc21. The number of aryl methyl sites for hydroxylation is 2. The second-order valence-corrected chi connectivity index (χ2v) is 8.18. The van der Waals surface area contributed by atoms with E-state index >= 15 is 0 Å². The number of methoxy groups -OCH3 is 2. The van der Waals surface area contributed by atoms with Gasteiger partial charge in [0.25, 0.3) is 0 Å². The maximum atomic E-state index is 13.2. The van der Waals surface area contributed by atoms with Crippen LogP contribution in [0, 0.1) is 0 Å². The number of nitrogens with zero attached hydrogens (tertiary/aromatic N) is 3. The van der Waals surface area contributed by atoms with Gasteiger partial charge in [-0.15, -0.1) is 0 Å². The molecule has 1 amide bonds. The molecule has 0 bridgehead atoms. The Labute approximate surface area is 188 Å². The topological polar surface area (TPSA) is 65.7 Å². The Morgan fingerprint density at radius 1 is 1.00 bits per heavy atom. The Hall–Kier alpha value is -3.22. The van der Waals surface area contributed by atoms with Crippen LogP contribution in [-0.2, 0) is 17.9 Å². The second-order valence-electron chi connectivity index (χ2n) is 8.18. The maximum Gasteiger partial charge on any atom is 0.329 e. The van der Waals surface area contributed by atoms with E-state index in [4.69, 9.17) is 9.47 Å². The molecule has 4 rings (SSSR count). The highest BCUT2D eigenvalue weighted by Crippen LogP contribution is 2.37. The van der Waals surface area contributed by atoms with Crippen molar-refractivity contribution < 1.29 is 14.3 Å². The van der Waals surface area contributed by atoms with Crippen molar-refractivity contribution in [2.45, 2.75) is 51.7 Å². The third-order valence-electron chi connectivity index (χ3n) is 6.29. The van der Waals surface area contributed by atoms with Crippen molar-refractivity contribution >= 4 is 16.9 Å². The normalized spacial score (nSPS) is 16.0. The molecule has 7 heteroatoms. The van der Waals surface area contributed by atoms with Gasteiger partial charge in [0, 0.05) is 26.1 Å². The Morgan fingerprint density at radius 2 is 1.69 bits per heavy atom. The zero-order valence-electron chi connectivity index (χ0n) is 19.0. The third kappa shape index (κ3) is 3.99. The second kappa shape index (κ2) is 9.51. The molecule has 1 atom stereocenters. The van der Waals surface area contributed by atoms with E-state index in [-0.39, 0.29) is 17.6 Å². The molecule has 1 fully saturated rings. The summed E-state index contributed by atoms with van der Waals surface area (Å²) in [6.45, 7) is 3.84. The predicted octanol–water partition coefficient (Wildman–Crippen LogP) is 3.98. The van der Waals surface area contributed by atoms with E-state index in [0.717, 1.165) is 42.4 Å². The molecule has 1 aliphatic heterocycles. The molecule has 2 heterocycles.